The van der Waals surface area contributed by atoms with E-state index in [2.05, 4.69) is 20.6 Å². The number of rotatable bonds is 10. The average molecular weight is 402 g/mol. The Kier molecular flexibility index (Phi) is 9.20. The van der Waals surface area contributed by atoms with Gasteiger partial charge in [-0.15, -0.1) is 0 Å². The molecule has 0 spiro atoms. The fourth-order valence-electron chi connectivity index (χ4n) is 2.20. The largest absolute Gasteiger partial charge is 0.472 e. The van der Waals surface area contributed by atoms with Crippen LogP contribution in [0.3, 0.4) is 0 Å². The van der Waals surface area contributed by atoms with Crippen LogP contribution in [0.1, 0.15) is 31.9 Å². The molecule has 1 aromatic carbocycles. The summed E-state index contributed by atoms with van der Waals surface area (Å²) in [7, 11) is 1.49. The van der Waals surface area contributed by atoms with Crippen molar-refractivity contribution in [3.63, 3.8) is 0 Å². The minimum Gasteiger partial charge on any atom is -0.472 e. The predicted molar refractivity (Wildman–Crippen MR) is 111 cm³/mol. The first-order chi connectivity index (χ1) is 14.1. The van der Waals surface area contributed by atoms with Crippen molar-refractivity contribution >= 4 is 23.5 Å². The molecule has 156 valence electrons. The lowest BCUT2D eigenvalue weighted by Gasteiger charge is -2.11. The van der Waals surface area contributed by atoms with Crippen LogP contribution in [0.2, 0.25) is 0 Å². The molecule has 29 heavy (non-hydrogen) atoms. The zero-order chi connectivity index (χ0) is 20.9. The normalized spacial score (nSPS) is 14.6. The molecule has 0 saturated carbocycles. The number of nitrogens with zero attached hydrogens (tertiary/aromatic N) is 4. The molecule has 0 saturated heterocycles. The first kappa shape index (κ1) is 21.9. The highest BCUT2D eigenvalue weighted by Crippen LogP contribution is 2.09. The SMILES string of the molecule is CON=C(C=C(C)C)C(C)=NOCc1ccccc1C=NOCC1=NOCCO1. The second-order valence-electron chi connectivity index (χ2n) is 6.20. The van der Waals surface area contributed by atoms with E-state index in [0.717, 1.165) is 16.7 Å². The number of oxime groups is 4. The van der Waals surface area contributed by atoms with Crippen LogP contribution in [0.15, 0.2) is 56.5 Å². The van der Waals surface area contributed by atoms with Crippen LogP contribution in [0.4, 0.5) is 0 Å². The molecule has 1 heterocycles. The van der Waals surface area contributed by atoms with E-state index in [4.69, 9.17) is 24.1 Å². The van der Waals surface area contributed by atoms with E-state index < -0.39 is 0 Å². The lowest BCUT2D eigenvalue weighted by molar-refractivity contribution is 0.0495. The minimum atomic E-state index is 0.102. The molecule has 0 fully saturated rings. The van der Waals surface area contributed by atoms with Crippen molar-refractivity contribution in [2.24, 2.45) is 20.6 Å². The highest BCUT2D eigenvalue weighted by atomic mass is 16.7. The highest BCUT2D eigenvalue weighted by Gasteiger charge is 2.08. The molecule has 9 heteroatoms. The van der Waals surface area contributed by atoms with E-state index in [0.29, 0.717) is 30.5 Å². The quantitative estimate of drug-likeness (QED) is 0.442. The molecular formula is C20H26N4O5. The number of ether oxygens (including phenoxy) is 1. The fraction of sp³-hybridized carbons (Fsp3) is 0.400. The summed E-state index contributed by atoms with van der Waals surface area (Å²) < 4.78 is 5.26. The van der Waals surface area contributed by atoms with Crippen molar-refractivity contribution < 1.29 is 24.1 Å². The number of allylic oxidation sites excluding steroid dienone is 2. The maximum Gasteiger partial charge on any atom is 0.267 e. The predicted octanol–water partition coefficient (Wildman–Crippen LogP) is 3.26. The van der Waals surface area contributed by atoms with Crippen LogP contribution in [0.25, 0.3) is 0 Å². The van der Waals surface area contributed by atoms with E-state index in [1.54, 1.807) is 13.1 Å². The van der Waals surface area contributed by atoms with E-state index in [-0.39, 0.29) is 13.2 Å². The van der Waals surface area contributed by atoms with Gasteiger partial charge in [-0.2, -0.15) is 0 Å². The fourth-order valence-corrected chi connectivity index (χ4v) is 2.20. The Morgan fingerprint density at radius 3 is 2.66 bits per heavy atom. The standard InChI is InChI=1S/C20H26N4O5/c1-15(2)11-19(23-25-4)16(3)22-29-13-18-8-6-5-7-17(18)12-21-28-14-20-24-27-10-9-26-20/h5-8,11-12H,9-10,13-14H2,1-4H3. The molecule has 0 radical (unpaired) electrons. The van der Waals surface area contributed by atoms with Gasteiger partial charge in [0.25, 0.3) is 5.90 Å². The van der Waals surface area contributed by atoms with Crippen molar-refractivity contribution in [2.75, 3.05) is 26.9 Å². The van der Waals surface area contributed by atoms with Gasteiger partial charge in [0.2, 0.25) is 0 Å². The van der Waals surface area contributed by atoms with Crippen LogP contribution >= 0.6 is 0 Å². The van der Waals surface area contributed by atoms with Gasteiger partial charge in [0.05, 0.1) is 6.21 Å². The van der Waals surface area contributed by atoms with Crippen LogP contribution in [-0.4, -0.2) is 50.5 Å². The van der Waals surface area contributed by atoms with E-state index in [1.165, 1.54) is 7.11 Å². The molecule has 0 N–H and O–H groups in total. The zero-order valence-corrected chi connectivity index (χ0v) is 17.1. The Bertz CT molecular complexity index is 811. The second kappa shape index (κ2) is 12.2. The molecule has 0 aliphatic carbocycles. The van der Waals surface area contributed by atoms with Crippen molar-refractivity contribution in [1.29, 1.82) is 0 Å². The van der Waals surface area contributed by atoms with Gasteiger partial charge in [0.15, 0.2) is 13.2 Å². The van der Waals surface area contributed by atoms with Crippen molar-refractivity contribution in [2.45, 2.75) is 27.4 Å². The highest BCUT2D eigenvalue weighted by molar-refractivity contribution is 6.45. The molecule has 2 rings (SSSR count). The lowest BCUT2D eigenvalue weighted by Crippen LogP contribution is -2.19. The summed E-state index contributed by atoms with van der Waals surface area (Å²) in [6, 6.07) is 7.64. The Morgan fingerprint density at radius 2 is 1.93 bits per heavy atom. The first-order valence-corrected chi connectivity index (χ1v) is 9.08. The molecule has 0 atom stereocenters. The Hall–Kier alpha value is -3.36. The van der Waals surface area contributed by atoms with Gasteiger partial charge in [0, 0.05) is 11.1 Å². The van der Waals surface area contributed by atoms with Gasteiger partial charge in [-0.25, -0.2) is 0 Å². The maximum absolute atomic E-state index is 5.50. The lowest BCUT2D eigenvalue weighted by atomic mass is 10.1. The zero-order valence-electron chi connectivity index (χ0n) is 17.1. The van der Waals surface area contributed by atoms with Crippen LogP contribution in [-0.2, 0) is 30.7 Å². The number of benzene rings is 1. The average Bonchev–Trinajstić information content (AvgIpc) is 2.72. The van der Waals surface area contributed by atoms with Crippen LogP contribution in [0, 0.1) is 0 Å². The van der Waals surface area contributed by atoms with Gasteiger partial charge < -0.3 is 24.1 Å². The van der Waals surface area contributed by atoms with Gasteiger partial charge >= 0.3 is 0 Å². The molecule has 9 nitrogen and oxygen atoms in total. The summed E-state index contributed by atoms with van der Waals surface area (Å²) in [6.07, 6.45) is 3.47. The maximum atomic E-state index is 5.50. The van der Waals surface area contributed by atoms with Crippen molar-refractivity contribution in [1.82, 2.24) is 0 Å². The van der Waals surface area contributed by atoms with Gasteiger partial charge in [-0.05, 0) is 32.0 Å². The minimum absolute atomic E-state index is 0.102. The van der Waals surface area contributed by atoms with Gasteiger partial charge in [-0.1, -0.05) is 45.3 Å². The van der Waals surface area contributed by atoms with Crippen LogP contribution < -0.4 is 0 Å². The van der Waals surface area contributed by atoms with E-state index in [1.807, 2.05) is 44.2 Å². The molecule has 1 aliphatic rings. The smallest absolute Gasteiger partial charge is 0.267 e. The summed E-state index contributed by atoms with van der Waals surface area (Å²) >= 11 is 0. The molecule has 0 unspecified atom stereocenters. The summed E-state index contributed by atoms with van der Waals surface area (Å²) in [5.74, 6) is 0.361. The number of hydrogen-bond acceptors (Lipinski definition) is 9. The monoisotopic (exact) mass is 402 g/mol. The molecule has 1 aliphatic heterocycles. The summed E-state index contributed by atoms with van der Waals surface area (Å²) in [4.78, 5) is 20.5. The Morgan fingerprint density at radius 1 is 1.10 bits per heavy atom. The molecule has 0 aromatic heterocycles. The van der Waals surface area contributed by atoms with Crippen LogP contribution in [0.5, 0.6) is 0 Å². The first-order valence-electron chi connectivity index (χ1n) is 9.08. The van der Waals surface area contributed by atoms with E-state index in [9.17, 15) is 0 Å². The molecular weight excluding hydrogens is 376 g/mol. The Labute approximate surface area is 170 Å². The summed E-state index contributed by atoms with van der Waals surface area (Å²) in [5.41, 5.74) is 4.04. The molecule has 0 bridgehead atoms. The Balaban J connectivity index is 1.94. The molecule has 1 aromatic rings. The summed E-state index contributed by atoms with van der Waals surface area (Å²) in [5, 5.41) is 15.8. The summed E-state index contributed by atoms with van der Waals surface area (Å²) in [6.45, 7) is 7.00. The topological polar surface area (TPSA) is 95.6 Å². The third kappa shape index (κ3) is 8.04. The van der Waals surface area contributed by atoms with Crippen molar-refractivity contribution in [3.8, 4) is 0 Å². The van der Waals surface area contributed by atoms with Gasteiger partial charge in [0.1, 0.15) is 31.7 Å². The van der Waals surface area contributed by atoms with Crippen molar-refractivity contribution in [3.05, 3.63) is 47.0 Å². The second-order valence-corrected chi connectivity index (χ2v) is 6.20. The van der Waals surface area contributed by atoms with Gasteiger partial charge in [-0.3, -0.25) is 0 Å². The molecule has 0 amide bonds. The number of hydrogen-bond donors (Lipinski definition) is 0. The van der Waals surface area contributed by atoms with E-state index >= 15 is 0 Å². The third-order valence-electron chi connectivity index (χ3n) is 3.53. The third-order valence-corrected chi connectivity index (χ3v) is 3.53.